The van der Waals surface area contributed by atoms with E-state index in [1.54, 1.807) is 0 Å². The van der Waals surface area contributed by atoms with E-state index in [-0.39, 0.29) is 54.7 Å². The van der Waals surface area contributed by atoms with Crippen molar-refractivity contribution < 1.29 is 54.2 Å². The Morgan fingerprint density at radius 1 is 0.786 bits per heavy atom. The Bertz CT molecular complexity index is 418. The van der Waals surface area contributed by atoms with Gasteiger partial charge in [-0.15, -0.1) is 0 Å². The number of rotatable bonds is 19. The number of carboxylic acids is 2. The normalized spacial score (nSPS) is 11.5. The van der Waals surface area contributed by atoms with Gasteiger partial charge in [0, 0.05) is 12.8 Å². The molecule has 1 atom stereocenters. The average Bonchev–Trinajstić information content (AvgIpc) is 2.62. The van der Waals surface area contributed by atoms with Crippen LogP contribution < -0.4 is 40.0 Å². The Labute approximate surface area is 192 Å². The summed E-state index contributed by atoms with van der Waals surface area (Å²) in [6.45, 7) is 2.24. The van der Waals surface area contributed by atoms with Crippen LogP contribution in [0.15, 0.2) is 0 Å². The quantitative estimate of drug-likeness (QED) is 0.241. The molecule has 0 radical (unpaired) electrons. The van der Waals surface area contributed by atoms with Crippen LogP contribution >= 0.6 is 0 Å². The molecular formula is C21H38NNaO5. The SMILES string of the molecule is CCCCCCCCCCCCCCCC(=O)NC(CCC(=O)O)C(=O)[O-].[Na+]. The van der Waals surface area contributed by atoms with Gasteiger partial charge in [-0.05, 0) is 12.8 Å². The number of unbranched alkanes of at least 4 members (excludes halogenated alkanes) is 12. The van der Waals surface area contributed by atoms with Crippen molar-refractivity contribution >= 4 is 17.8 Å². The first-order chi connectivity index (χ1) is 13.0. The number of carbonyl (C=O) groups is 3. The third kappa shape index (κ3) is 20.2. The van der Waals surface area contributed by atoms with Gasteiger partial charge in [0.15, 0.2) is 0 Å². The first kappa shape index (κ1) is 29.6. The van der Waals surface area contributed by atoms with Crippen molar-refractivity contribution in [3.05, 3.63) is 0 Å². The van der Waals surface area contributed by atoms with Gasteiger partial charge in [0.05, 0.1) is 12.0 Å². The standard InChI is InChI=1S/C21H39NO5.Na/c1-2-3-4-5-6-7-8-9-10-11-12-13-14-15-19(23)22-18(21(26)27)16-17-20(24)25;/h18H,2-17H2,1H3,(H,22,23)(H,24,25)(H,26,27);/q;+1/p-1. The Balaban J connectivity index is 0. The van der Waals surface area contributed by atoms with Crippen molar-refractivity contribution in [1.82, 2.24) is 5.32 Å². The summed E-state index contributed by atoms with van der Waals surface area (Å²) >= 11 is 0. The summed E-state index contributed by atoms with van der Waals surface area (Å²) in [5.41, 5.74) is 0. The van der Waals surface area contributed by atoms with Crippen molar-refractivity contribution in [2.45, 2.75) is 116 Å². The summed E-state index contributed by atoms with van der Waals surface area (Å²) in [5, 5.41) is 21.9. The van der Waals surface area contributed by atoms with Crippen LogP contribution in [0.25, 0.3) is 0 Å². The number of nitrogens with one attached hydrogen (secondary N) is 1. The van der Waals surface area contributed by atoms with Crippen molar-refractivity contribution in [3.8, 4) is 0 Å². The van der Waals surface area contributed by atoms with E-state index in [1.807, 2.05) is 0 Å². The molecule has 0 aliphatic heterocycles. The molecule has 158 valence electrons. The molecule has 1 unspecified atom stereocenters. The van der Waals surface area contributed by atoms with Gasteiger partial charge in [0.2, 0.25) is 5.91 Å². The monoisotopic (exact) mass is 407 g/mol. The zero-order valence-electron chi connectivity index (χ0n) is 18.0. The van der Waals surface area contributed by atoms with E-state index in [0.717, 1.165) is 19.3 Å². The maximum absolute atomic E-state index is 11.8. The number of aliphatic carboxylic acids is 2. The maximum atomic E-state index is 11.8. The van der Waals surface area contributed by atoms with Gasteiger partial charge in [0.25, 0.3) is 0 Å². The van der Waals surface area contributed by atoms with Crippen LogP contribution in [-0.2, 0) is 14.4 Å². The van der Waals surface area contributed by atoms with Crippen molar-refractivity contribution in [2.75, 3.05) is 0 Å². The topological polar surface area (TPSA) is 107 Å². The number of amides is 1. The van der Waals surface area contributed by atoms with E-state index >= 15 is 0 Å². The smallest absolute Gasteiger partial charge is 0.548 e. The van der Waals surface area contributed by atoms with Crippen LogP contribution in [0.5, 0.6) is 0 Å². The zero-order chi connectivity index (χ0) is 20.3. The van der Waals surface area contributed by atoms with Crippen molar-refractivity contribution in [3.63, 3.8) is 0 Å². The first-order valence-corrected chi connectivity index (χ1v) is 10.7. The van der Waals surface area contributed by atoms with Crippen LogP contribution in [-0.4, -0.2) is 29.0 Å². The minimum absolute atomic E-state index is 0. The second kappa shape index (κ2) is 21.1. The molecule has 0 aromatic heterocycles. The Morgan fingerprint density at radius 2 is 1.21 bits per heavy atom. The third-order valence-electron chi connectivity index (χ3n) is 4.77. The Kier molecular flexibility index (Phi) is 22.3. The Morgan fingerprint density at radius 3 is 1.61 bits per heavy atom. The van der Waals surface area contributed by atoms with Gasteiger partial charge in [-0.3, -0.25) is 9.59 Å². The maximum Gasteiger partial charge on any atom is 1.00 e. The predicted octanol–water partition coefficient (Wildman–Crippen LogP) is 0.571. The van der Waals surface area contributed by atoms with Crippen molar-refractivity contribution in [1.29, 1.82) is 0 Å². The van der Waals surface area contributed by atoms with Crippen LogP contribution in [0.4, 0.5) is 0 Å². The molecule has 0 aromatic carbocycles. The van der Waals surface area contributed by atoms with E-state index in [0.29, 0.717) is 0 Å². The predicted molar refractivity (Wildman–Crippen MR) is 104 cm³/mol. The number of hydrogen-bond donors (Lipinski definition) is 2. The minimum Gasteiger partial charge on any atom is -0.548 e. The molecule has 0 aromatic rings. The molecule has 6 nitrogen and oxygen atoms in total. The van der Waals surface area contributed by atoms with E-state index in [2.05, 4.69) is 12.2 Å². The zero-order valence-corrected chi connectivity index (χ0v) is 20.0. The van der Waals surface area contributed by atoms with Crippen LogP contribution in [0.3, 0.4) is 0 Å². The number of carboxylic acid groups (broad SMARTS) is 2. The summed E-state index contributed by atoms with van der Waals surface area (Å²) in [5.74, 6) is -2.88. The minimum atomic E-state index is -1.44. The van der Waals surface area contributed by atoms with E-state index in [9.17, 15) is 19.5 Å². The van der Waals surface area contributed by atoms with Crippen LogP contribution in [0.1, 0.15) is 110 Å². The van der Waals surface area contributed by atoms with Crippen LogP contribution in [0.2, 0.25) is 0 Å². The van der Waals surface area contributed by atoms with Gasteiger partial charge in [-0.1, -0.05) is 84.0 Å². The van der Waals surface area contributed by atoms with Gasteiger partial charge < -0.3 is 20.3 Å². The van der Waals surface area contributed by atoms with Gasteiger partial charge in [-0.25, -0.2) is 0 Å². The molecule has 7 heteroatoms. The summed E-state index contributed by atoms with van der Waals surface area (Å²) in [4.78, 5) is 33.2. The third-order valence-corrected chi connectivity index (χ3v) is 4.77. The first-order valence-electron chi connectivity index (χ1n) is 10.7. The molecule has 0 aliphatic carbocycles. The average molecular weight is 408 g/mol. The fraction of sp³-hybridized carbons (Fsp3) is 0.857. The molecular weight excluding hydrogens is 369 g/mol. The molecule has 0 heterocycles. The molecule has 1 amide bonds. The van der Waals surface area contributed by atoms with Crippen LogP contribution in [0, 0.1) is 0 Å². The number of carbonyl (C=O) groups excluding carboxylic acids is 2. The second-order valence-electron chi connectivity index (χ2n) is 7.36. The molecule has 0 fully saturated rings. The largest absolute Gasteiger partial charge is 1.00 e. The molecule has 0 spiro atoms. The molecule has 0 rings (SSSR count). The summed E-state index contributed by atoms with van der Waals surface area (Å²) in [6.07, 6.45) is 15.7. The van der Waals surface area contributed by atoms with Gasteiger partial charge in [0.1, 0.15) is 0 Å². The molecule has 0 aliphatic rings. The summed E-state index contributed by atoms with van der Waals surface area (Å²) < 4.78 is 0. The Hall–Kier alpha value is -0.590. The summed E-state index contributed by atoms with van der Waals surface area (Å²) in [7, 11) is 0. The van der Waals surface area contributed by atoms with E-state index in [4.69, 9.17) is 5.11 Å². The second-order valence-corrected chi connectivity index (χ2v) is 7.36. The fourth-order valence-electron chi connectivity index (χ4n) is 3.09. The van der Waals surface area contributed by atoms with E-state index in [1.165, 1.54) is 64.2 Å². The molecule has 28 heavy (non-hydrogen) atoms. The fourth-order valence-corrected chi connectivity index (χ4v) is 3.09. The molecule has 0 saturated heterocycles. The van der Waals surface area contributed by atoms with Gasteiger partial charge >= 0.3 is 35.5 Å². The van der Waals surface area contributed by atoms with E-state index < -0.39 is 18.0 Å². The number of hydrogen-bond acceptors (Lipinski definition) is 4. The molecule has 0 bridgehead atoms. The molecule has 0 saturated carbocycles. The van der Waals surface area contributed by atoms with Crippen molar-refractivity contribution in [2.24, 2.45) is 0 Å². The summed E-state index contributed by atoms with van der Waals surface area (Å²) in [6, 6.07) is -1.23. The molecule has 2 N–H and O–H groups in total. The van der Waals surface area contributed by atoms with Gasteiger partial charge in [-0.2, -0.15) is 0 Å².